The summed E-state index contributed by atoms with van der Waals surface area (Å²) in [6, 6.07) is 0. The number of nitrogens with zero attached hydrogens (tertiary/aromatic N) is 2. The van der Waals surface area contributed by atoms with E-state index in [0.29, 0.717) is 0 Å². The van der Waals surface area contributed by atoms with Crippen LogP contribution in [0.25, 0.3) is 0 Å². The van der Waals surface area contributed by atoms with E-state index in [1.54, 1.807) is 0 Å². The van der Waals surface area contributed by atoms with E-state index in [2.05, 4.69) is 6.92 Å². The van der Waals surface area contributed by atoms with Gasteiger partial charge in [0, 0.05) is 32.3 Å². The lowest BCUT2D eigenvalue weighted by Crippen LogP contribution is -2.31. The minimum atomic E-state index is -1.39. The van der Waals surface area contributed by atoms with Crippen LogP contribution in [0.4, 0.5) is 9.18 Å². The van der Waals surface area contributed by atoms with Crippen LogP contribution in [0.5, 0.6) is 0 Å². The monoisotopic (exact) mass is 206 g/mol. The zero-order chi connectivity index (χ0) is 9.84. The Morgan fingerprint density at radius 2 is 2.08 bits per heavy atom. The molecule has 0 unspecified atom stereocenters. The molecule has 1 saturated heterocycles. The maximum Gasteiger partial charge on any atom is 0.410 e. The number of carbonyl (C=O) groups excluding carboxylic acids is 1. The third-order valence-corrected chi connectivity index (χ3v) is 3.21. The largest absolute Gasteiger partial charge is 0.410 e. The summed E-state index contributed by atoms with van der Waals surface area (Å²) < 4.78 is 15.2. The topological polar surface area (TPSA) is 23.6 Å². The van der Waals surface area contributed by atoms with Gasteiger partial charge in [-0.25, -0.2) is 13.4 Å². The Kier molecular flexibility index (Phi) is 3.99. The smallest absolute Gasteiger partial charge is 0.248 e. The maximum atomic E-state index is 12.2. The second-order valence-electron chi connectivity index (χ2n) is 3.44. The first kappa shape index (κ1) is 10.8. The minimum absolute atomic E-state index is 0.753. The van der Waals surface area contributed by atoms with E-state index >= 15 is 0 Å². The highest BCUT2D eigenvalue weighted by Gasteiger charge is 2.19. The predicted octanol–water partition coefficient (Wildman–Crippen LogP) is 2.30. The van der Waals surface area contributed by atoms with Crippen LogP contribution in [-0.4, -0.2) is 34.9 Å². The number of rotatable bonds is 2. The van der Waals surface area contributed by atoms with E-state index < -0.39 is 6.16 Å². The van der Waals surface area contributed by atoms with Crippen molar-refractivity contribution in [1.82, 2.24) is 8.61 Å². The molecule has 3 nitrogen and oxygen atoms in total. The van der Waals surface area contributed by atoms with E-state index in [1.165, 1.54) is 19.2 Å². The van der Waals surface area contributed by atoms with Crippen molar-refractivity contribution in [3.05, 3.63) is 0 Å². The second kappa shape index (κ2) is 4.81. The van der Waals surface area contributed by atoms with E-state index in [-0.39, 0.29) is 0 Å². The Hall–Kier alpha value is -0.290. The number of carbonyl (C=O) groups is 1. The summed E-state index contributed by atoms with van der Waals surface area (Å²) in [5, 5.41) is 0. The second-order valence-corrected chi connectivity index (χ2v) is 4.67. The number of hydrogen-bond donors (Lipinski definition) is 0. The van der Waals surface area contributed by atoms with Crippen molar-refractivity contribution >= 4 is 18.3 Å². The maximum absolute atomic E-state index is 12.2. The summed E-state index contributed by atoms with van der Waals surface area (Å²) in [5.74, 6) is 0.753. The number of hydrogen-bond acceptors (Lipinski definition) is 3. The molecule has 1 aliphatic rings. The van der Waals surface area contributed by atoms with Gasteiger partial charge in [0.25, 0.3) is 0 Å². The summed E-state index contributed by atoms with van der Waals surface area (Å²) >= 11 is 1.17. The fourth-order valence-electron chi connectivity index (χ4n) is 1.27. The first-order valence-electron chi connectivity index (χ1n) is 4.46. The van der Waals surface area contributed by atoms with Gasteiger partial charge in [-0.05, 0) is 18.8 Å². The molecule has 0 saturated carbocycles. The highest BCUT2D eigenvalue weighted by Crippen LogP contribution is 2.23. The zero-order valence-corrected chi connectivity index (χ0v) is 8.81. The van der Waals surface area contributed by atoms with Crippen molar-refractivity contribution in [2.45, 2.75) is 19.8 Å². The zero-order valence-electron chi connectivity index (χ0n) is 7.99. The van der Waals surface area contributed by atoms with Gasteiger partial charge < -0.3 is 0 Å². The van der Waals surface area contributed by atoms with Gasteiger partial charge in [-0.2, -0.15) is 0 Å². The Balaban J connectivity index is 2.26. The van der Waals surface area contributed by atoms with E-state index in [4.69, 9.17) is 0 Å². The Morgan fingerprint density at radius 3 is 2.54 bits per heavy atom. The normalized spacial score (nSPS) is 20.2. The van der Waals surface area contributed by atoms with Crippen LogP contribution in [-0.2, 0) is 0 Å². The molecule has 0 aliphatic carbocycles. The van der Waals surface area contributed by atoms with Crippen molar-refractivity contribution in [2.75, 3.05) is 20.1 Å². The van der Waals surface area contributed by atoms with Crippen LogP contribution in [0.15, 0.2) is 0 Å². The third-order valence-electron chi connectivity index (χ3n) is 2.23. The molecule has 0 radical (unpaired) electrons. The molecule has 1 heterocycles. The molecule has 1 fully saturated rings. The highest BCUT2D eigenvalue weighted by molar-refractivity contribution is 7.95. The Labute approximate surface area is 82.5 Å². The van der Waals surface area contributed by atoms with Crippen molar-refractivity contribution in [3.63, 3.8) is 0 Å². The van der Waals surface area contributed by atoms with Gasteiger partial charge in [0.2, 0.25) is 0 Å². The lowest BCUT2D eigenvalue weighted by Gasteiger charge is -2.30. The first-order chi connectivity index (χ1) is 6.09. The Morgan fingerprint density at radius 1 is 1.54 bits per heavy atom. The van der Waals surface area contributed by atoms with Crippen LogP contribution >= 0.6 is 12.1 Å². The molecule has 0 aromatic heterocycles. The lowest BCUT2D eigenvalue weighted by atomic mass is 10.0. The van der Waals surface area contributed by atoms with Crippen LogP contribution in [0.1, 0.15) is 19.8 Å². The fraction of sp³-hybridized carbons (Fsp3) is 0.875. The van der Waals surface area contributed by atoms with Gasteiger partial charge in [0.15, 0.2) is 0 Å². The number of piperidine rings is 1. The fourth-order valence-corrected chi connectivity index (χ4v) is 2.06. The Bertz CT molecular complexity index is 183. The quantitative estimate of drug-likeness (QED) is 0.393. The molecule has 1 rings (SSSR count). The van der Waals surface area contributed by atoms with Crippen LogP contribution in [0.2, 0.25) is 0 Å². The summed E-state index contributed by atoms with van der Waals surface area (Å²) in [5.41, 5.74) is 0. The summed E-state index contributed by atoms with van der Waals surface area (Å²) in [4.78, 5) is 10.3. The SMILES string of the molecule is CC1CCN(SN(C)C(=O)F)CC1. The van der Waals surface area contributed by atoms with Gasteiger partial charge in [0.1, 0.15) is 0 Å². The van der Waals surface area contributed by atoms with E-state index in [1.807, 2.05) is 4.31 Å². The van der Waals surface area contributed by atoms with E-state index in [9.17, 15) is 9.18 Å². The van der Waals surface area contributed by atoms with Crippen molar-refractivity contribution in [1.29, 1.82) is 0 Å². The van der Waals surface area contributed by atoms with Crippen LogP contribution < -0.4 is 0 Å². The average Bonchev–Trinajstić information content (AvgIpc) is 2.08. The van der Waals surface area contributed by atoms with E-state index in [0.717, 1.165) is 36.2 Å². The third kappa shape index (κ3) is 3.52. The first-order valence-corrected chi connectivity index (χ1v) is 5.19. The van der Waals surface area contributed by atoms with Crippen LogP contribution in [0, 0.1) is 5.92 Å². The van der Waals surface area contributed by atoms with Gasteiger partial charge in [-0.1, -0.05) is 6.92 Å². The van der Waals surface area contributed by atoms with Gasteiger partial charge in [0.05, 0.1) is 0 Å². The molecule has 5 heteroatoms. The molecular weight excluding hydrogens is 191 g/mol. The number of amides is 1. The van der Waals surface area contributed by atoms with Gasteiger partial charge in [-0.15, -0.1) is 4.39 Å². The molecule has 0 N–H and O–H groups in total. The molecule has 0 bridgehead atoms. The molecule has 0 spiro atoms. The average molecular weight is 206 g/mol. The molecule has 0 atom stereocenters. The number of halogens is 1. The molecule has 0 aromatic carbocycles. The lowest BCUT2D eigenvalue weighted by molar-refractivity contribution is 0.207. The predicted molar refractivity (Wildman–Crippen MR) is 51.8 cm³/mol. The van der Waals surface area contributed by atoms with Crippen molar-refractivity contribution in [3.8, 4) is 0 Å². The molecule has 1 aliphatic heterocycles. The van der Waals surface area contributed by atoms with Crippen molar-refractivity contribution < 1.29 is 9.18 Å². The standard InChI is InChI=1S/C8H15FN2OS/c1-7-3-5-11(6-4-7)13-10(2)8(9)12/h7H,3-6H2,1-2H3. The highest BCUT2D eigenvalue weighted by atomic mass is 32.2. The van der Waals surface area contributed by atoms with Gasteiger partial charge >= 0.3 is 6.16 Å². The molecular formula is C8H15FN2OS. The molecule has 13 heavy (non-hydrogen) atoms. The minimum Gasteiger partial charge on any atom is -0.248 e. The molecule has 76 valence electrons. The van der Waals surface area contributed by atoms with Crippen molar-refractivity contribution in [2.24, 2.45) is 5.92 Å². The molecule has 1 amide bonds. The van der Waals surface area contributed by atoms with Crippen LogP contribution in [0.3, 0.4) is 0 Å². The van der Waals surface area contributed by atoms with Gasteiger partial charge in [-0.3, -0.25) is 0 Å². The summed E-state index contributed by atoms with van der Waals surface area (Å²) in [7, 11) is 1.45. The summed E-state index contributed by atoms with van der Waals surface area (Å²) in [6.45, 7) is 4.08. The summed E-state index contributed by atoms with van der Waals surface area (Å²) in [6.07, 6.45) is 0.867. The molecule has 0 aromatic rings.